The van der Waals surface area contributed by atoms with Crippen LogP contribution in [0.3, 0.4) is 0 Å². The van der Waals surface area contributed by atoms with Crippen molar-refractivity contribution >= 4 is 11.5 Å². The number of hydrogen-bond donors (Lipinski definition) is 1. The van der Waals surface area contributed by atoms with Gasteiger partial charge in [0.15, 0.2) is 6.29 Å². The first-order valence-corrected chi connectivity index (χ1v) is 7.64. The van der Waals surface area contributed by atoms with Gasteiger partial charge in [-0.1, -0.05) is 27.4 Å². The van der Waals surface area contributed by atoms with Gasteiger partial charge in [0.1, 0.15) is 5.75 Å². The van der Waals surface area contributed by atoms with Crippen molar-refractivity contribution in [2.45, 2.75) is 46.3 Å². The Morgan fingerprint density at radius 2 is 2.09 bits per heavy atom. The summed E-state index contributed by atoms with van der Waals surface area (Å²) < 4.78 is 11.6. The van der Waals surface area contributed by atoms with Gasteiger partial charge >= 0.3 is 5.97 Å². The van der Waals surface area contributed by atoms with Gasteiger partial charge in [-0.05, 0) is 42.0 Å². The summed E-state index contributed by atoms with van der Waals surface area (Å²) in [5, 5.41) is 9.21. The Balaban J connectivity index is 2.34. The molecule has 0 saturated carbocycles. The zero-order valence-electron chi connectivity index (χ0n) is 13.5. The minimum atomic E-state index is -0.955. The van der Waals surface area contributed by atoms with Crippen molar-refractivity contribution in [1.82, 2.24) is 0 Å². The molecule has 0 radical (unpaired) electrons. The Bertz CT molecular complexity index is 563. The Kier molecular flexibility index (Phi) is 4.91. The lowest BCUT2D eigenvalue weighted by Gasteiger charge is -2.28. The quantitative estimate of drug-likeness (QED) is 0.898. The third-order valence-electron chi connectivity index (χ3n) is 3.85. The molecule has 0 bridgehead atoms. The van der Waals surface area contributed by atoms with Crippen LogP contribution in [0, 0.1) is 5.41 Å². The fourth-order valence-corrected chi connectivity index (χ4v) is 2.35. The van der Waals surface area contributed by atoms with E-state index in [-0.39, 0.29) is 17.3 Å². The van der Waals surface area contributed by atoms with E-state index in [0.29, 0.717) is 12.4 Å². The second-order valence-electron chi connectivity index (χ2n) is 6.66. The molecule has 0 aliphatic carbocycles. The highest BCUT2D eigenvalue weighted by Crippen LogP contribution is 2.38. The number of benzene rings is 1. The third-order valence-corrected chi connectivity index (χ3v) is 3.85. The lowest BCUT2D eigenvalue weighted by molar-refractivity contribution is -0.106. The number of carboxylic acid groups (broad SMARTS) is 1. The van der Waals surface area contributed by atoms with E-state index in [1.54, 1.807) is 18.2 Å². The highest BCUT2D eigenvalue weighted by Gasteiger charge is 2.23. The maximum absolute atomic E-state index is 11.2. The topological polar surface area (TPSA) is 55.8 Å². The number of carbonyl (C=O) groups is 1. The molecule has 1 heterocycles. The van der Waals surface area contributed by atoms with Gasteiger partial charge in [-0.3, -0.25) is 0 Å². The minimum absolute atomic E-state index is 0.178. The Labute approximate surface area is 131 Å². The smallest absolute Gasteiger partial charge is 0.335 e. The molecule has 1 N–H and O–H groups in total. The second-order valence-corrected chi connectivity index (χ2v) is 6.66. The first-order chi connectivity index (χ1) is 10.3. The van der Waals surface area contributed by atoms with Gasteiger partial charge in [0, 0.05) is 12.0 Å². The van der Waals surface area contributed by atoms with Crippen molar-refractivity contribution in [1.29, 1.82) is 0 Å². The maximum Gasteiger partial charge on any atom is 0.335 e. The predicted molar refractivity (Wildman–Crippen MR) is 86.1 cm³/mol. The molecule has 1 aliphatic rings. The molecule has 0 amide bonds. The molecule has 22 heavy (non-hydrogen) atoms. The van der Waals surface area contributed by atoms with Crippen molar-refractivity contribution < 1.29 is 19.4 Å². The summed E-state index contributed by atoms with van der Waals surface area (Å²) in [6, 6.07) is 4.89. The minimum Gasteiger partial charge on any atom is -0.478 e. The van der Waals surface area contributed by atoms with Crippen molar-refractivity contribution in [3.05, 3.63) is 35.9 Å². The number of carboxylic acids is 1. The van der Waals surface area contributed by atoms with Crippen LogP contribution in [0.25, 0.3) is 5.57 Å². The van der Waals surface area contributed by atoms with Gasteiger partial charge in [0.25, 0.3) is 0 Å². The van der Waals surface area contributed by atoms with Crippen LogP contribution in [0.1, 0.15) is 56.0 Å². The zero-order chi connectivity index (χ0) is 16.3. The fraction of sp³-hybridized carbons (Fsp3) is 0.500. The van der Waals surface area contributed by atoms with Gasteiger partial charge in [0.2, 0.25) is 0 Å². The highest BCUT2D eigenvalue weighted by atomic mass is 16.7. The van der Waals surface area contributed by atoms with Crippen LogP contribution < -0.4 is 4.74 Å². The van der Waals surface area contributed by atoms with Crippen molar-refractivity contribution in [2.24, 2.45) is 5.41 Å². The van der Waals surface area contributed by atoms with Crippen LogP contribution in [0.4, 0.5) is 0 Å². The van der Waals surface area contributed by atoms with E-state index in [1.165, 1.54) is 0 Å². The molecular formula is C18H24O4. The fourth-order valence-electron chi connectivity index (χ4n) is 2.35. The average Bonchev–Trinajstić information content (AvgIpc) is 2.47. The number of rotatable bonds is 4. The van der Waals surface area contributed by atoms with E-state index in [0.717, 1.165) is 30.4 Å². The van der Waals surface area contributed by atoms with E-state index in [2.05, 4.69) is 6.58 Å². The molecule has 1 saturated heterocycles. The van der Waals surface area contributed by atoms with Gasteiger partial charge in [-0.2, -0.15) is 0 Å². The van der Waals surface area contributed by atoms with E-state index in [9.17, 15) is 9.90 Å². The summed E-state index contributed by atoms with van der Waals surface area (Å²) in [6.07, 6.45) is 2.71. The van der Waals surface area contributed by atoms with Crippen LogP contribution in [-0.4, -0.2) is 24.0 Å². The molecule has 1 aromatic rings. The van der Waals surface area contributed by atoms with E-state index >= 15 is 0 Å². The SMILES string of the molecule is C=C(c1cc(C(=O)O)ccc1OC1CCCCO1)C(C)(C)C. The van der Waals surface area contributed by atoms with E-state index < -0.39 is 5.97 Å². The Morgan fingerprint density at radius 3 is 2.64 bits per heavy atom. The first kappa shape index (κ1) is 16.6. The van der Waals surface area contributed by atoms with Gasteiger partial charge in [-0.25, -0.2) is 4.79 Å². The third kappa shape index (κ3) is 3.89. The lowest BCUT2D eigenvalue weighted by Crippen LogP contribution is -2.25. The summed E-state index contributed by atoms with van der Waals surface area (Å²) in [5.41, 5.74) is 1.64. The molecule has 4 nitrogen and oxygen atoms in total. The number of allylic oxidation sites excluding steroid dienone is 1. The molecule has 1 fully saturated rings. The normalized spacial score (nSPS) is 18.8. The van der Waals surface area contributed by atoms with Gasteiger partial charge in [0.05, 0.1) is 12.2 Å². The zero-order valence-corrected chi connectivity index (χ0v) is 13.5. The molecule has 2 rings (SSSR count). The van der Waals surface area contributed by atoms with Crippen molar-refractivity contribution in [2.75, 3.05) is 6.61 Å². The lowest BCUT2D eigenvalue weighted by atomic mass is 9.82. The van der Waals surface area contributed by atoms with Crippen LogP contribution in [0.5, 0.6) is 5.75 Å². The summed E-state index contributed by atoms with van der Waals surface area (Å²) >= 11 is 0. The summed E-state index contributed by atoms with van der Waals surface area (Å²) in [5.74, 6) is -0.319. The van der Waals surface area contributed by atoms with E-state index in [4.69, 9.17) is 9.47 Å². The first-order valence-electron chi connectivity index (χ1n) is 7.64. The summed E-state index contributed by atoms with van der Waals surface area (Å²) in [7, 11) is 0. The number of ether oxygens (including phenoxy) is 2. The largest absolute Gasteiger partial charge is 0.478 e. The van der Waals surface area contributed by atoms with Gasteiger partial charge in [-0.15, -0.1) is 0 Å². The monoisotopic (exact) mass is 304 g/mol. The summed E-state index contributed by atoms with van der Waals surface area (Å²) in [4.78, 5) is 11.2. The molecule has 4 heteroatoms. The van der Waals surface area contributed by atoms with Gasteiger partial charge < -0.3 is 14.6 Å². The standard InChI is InChI=1S/C18H24O4/c1-12(18(2,3)4)14-11-13(17(19)20)8-9-15(14)22-16-7-5-6-10-21-16/h8-9,11,16H,1,5-7,10H2,2-4H3,(H,19,20). The summed E-state index contributed by atoms with van der Waals surface area (Å²) in [6.45, 7) is 11.0. The molecule has 0 spiro atoms. The van der Waals surface area contributed by atoms with Crippen LogP contribution in [0.15, 0.2) is 24.8 Å². The number of aromatic carboxylic acids is 1. The predicted octanol–water partition coefficient (Wildman–Crippen LogP) is 4.35. The second kappa shape index (κ2) is 6.53. The Morgan fingerprint density at radius 1 is 1.36 bits per heavy atom. The van der Waals surface area contributed by atoms with Crippen LogP contribution >= 0.6 is 0 Å². The maximum atomic E-state index is 11.2. The van der Waals surface area contributed by atoms with Crippen LogP contribution in [-0.2, 0) is 4.74 Å². The Hall–Kier alpha value is -1.81. The molecular weight excluding hydrogens is 280 g/mol. The molecule has 1 atom stereocenters. The molecule has 120 valence electrons. The molecule has 0 aromatic heterocycles. The average molecular weight is 304 g/mol. The number of hydrogen-bond acceptors (Lipinski definition) is 3. The molecule has 1 aliphatic heterocycles. The van der Waals surface area contributed by atoms with Crippen molar-refractivity contribution in [3.63, 3.8) is 0 Å². The molecule has 1 aromatic carbocycles. The van der Waals surface area contributed by atoms with E-state index in [1.807, 2.05) is 20.8 Å². The molecule has 1 unspecified atom stereocenters. The van der Waals surface area contributed by atoms with Crippen molar-refractivity contribution in [3.8, 4) is 5.75 Å². The highest BCUT2D eigenvalue weighted by molar-refractivity contribution is 5.90. The van der Waals surface area contributed by atoms with Crippen LogP contribution in [0.2, 0.25) is 0 Å².